The maximum Gasteiger partial charge on any atom is 0.335 e. The lowest BCUT2D eigenvalue weighted by Gasteiger charge is -2.34. The second kappa shape index (κ2) is 7.84. The monoisotopic (exact) mass is 318 g/mol. The van der Waals surface area contributed by atoms with Gasteiger partial charge in [0.15, 0.2) is 0 Å². The summed E-state index contributed by atoms with van der Waals surface area (Å²) < 4.78 is 0. The van der Waals surface area contributed by atoms with Gasteiger partial charge < -0.3 is 10.0 Å². The van der Waals surface area contributed by atoms with Gasteiger partial charge in [0, 0.05) is 37.7 Å². The van der Waals surface area contributed by atoms with Crippen LogP contribution < -0.4 is 0 Å². The number of aromatic carboxylic acids is 1. The van der Waals surface area contributed by atoms with Crippen LogP contribution in [0.4, 0.5) is 0 Å². The van der Waals surface area contributed by atoms with Gasteiger partial charge in [-0.25, -0.2) is 4.79 Å². The molecule has 1 aromatic rings. The van der Waals surface area contributed by atoms with Gasteiger partial charge in [-0.15, -0.1) is 12.4 Å². The number of benzene rings is 1. The summed E-state index contributed by atoms with van der Waals surface area (Å²) in [4.78, 5) is 15.6. The number of piperazine rings is 1. The van der Waals surface area contributed by atoms with E-state index in [4.69, 9.17) is 16.7 Å². The summed E-state index contributed by atoms with van der Waals surface area (Å²) >= 11 is 6.15. The van der Waals surface area contributed by atoms with Crippen molar-refractivity contribution in [3.05, 3.63) is 34.3 Å². The van der Waals surface area contributed by atoms with Crippen LogP contribution in [0, 0.1) is 0 Å². The molecule has 2 rings (SSSR count). The van der Waals surface area contributed by atoms with Crippen LogP contribution in [0.1, 0.15) is 22.8 Å². The number of carboxylic acids is 1. The number of hydrogen-bond acceptors (Lipinski definition) is 3. The van der Waals surface area contributed by atoms with Crippen LogP contribution in [-0.2, 0) is 6.54 Å². The average Bonchev–Trinajstić information content (AvgIpc) is 2.41. The summed E-state index contributed by atoms with van der Waals surface area (Å²) in [7, 11) is 0. The zero-order valence-corrected chi connectivity index (χ0v) is 13.1. The lowest BCUT2D eigenvalue weighted by molar-refractivity contribution is 0.0697. The first-order valence-corrected chi connectivity index (χ1v) is 6.94. The minimum atomic E-state index is -0.940. The van der Waals surface area contributed by atoms with E-state index in [9.17, 15) is 4.79 Å². The Kier molecular flexibility index (Phi) is 6.76. The Balaban J connectivity index is 0.00000200. The van der Waals surface area contributed by atoms with Crippen LogP contribution in [0.5, 0.6) is 0 Å². The molecule has 0 atom stereocenters. The number of likely N-dealkylation sites (N-methyl/N-ethyl adjacent to an activating group) is 1. The first kappa shape index (κ1) is 17.2. The van der Waals surface area contributed by atoms with Gasteiger partial charge in [0.05, 0.1) is 5.56 Å². The highest BCUT2D eigenvalue weighted by Gasteiger charge is 2.17. The van der Waals surface area contributed by atoms with Crippen molar-refractivity contribution in [1.82, 2.24) is 9.80 Å². The molecular weight excluding hydrogens is 299 g/mol. The predicted octanol–water partition coefficient (Wildman–Crippen LogP) is 2.60. The number of halogens is 2. The van der Waals surface area contributed by atoms with Crippen molar-refractivity contribution in [2.75, 3.05) is 32.7 Å². The molecule has 1 heterocycles. The zero-order chi connectivity index (χ0) is 13.8. The van der Waals surface area contributed by atoms with Crippen molar-refractivity contribution < 1.29 is 9.90 Å². The molecule has 0 bridgehead atoms. The molecule has 0 amide bonds. The summed E-state index contributed by atoms with van der Waals surface area (Å²) in [6.07, 6.45) is 0. The third-order valence-corrected chi connectivity index (χ3v) is 3.96. The van der Waals surface area contributed by atoms with E-state index in [0.717, 1.165) is 44.8 Å². The highest BCUT2D eigenvalue weighted by atomic mass is 35.5. The minimum absolute atomic E-state index is 0. The lowest BCUT2D eigenvalue weighted by atomic mass is 10.1. The largest absolute Gasteiger partial charge is 0.478 e. The molecule has 0 aliphatic carbocycles. The van der Waals surface area contributed by atoms with Gasteiger partial charge in [-0.2, -0.15) is 0 Å². The molecule has 0 unspecified atom stereocenters. The van der Waals surface area contributed by atoms with Crippen LogP contribution in [0.15, 0.2) is 18.2 Å². The first-order valence-electron chi connectivity index (χ1n) is 6.56. The molecule has 1 saturated heterocycles. The Hall–Kier alpha value is -0.810. The van der Waals surface area contributed by atoms with E-state index in [-0.39, 0.29) is 18.0 Å². The minimum Gasteiger partial charge on any atom is -0.478 e. The molecule has 112 valence electrons. The molecule has 1 aliphatic heterocycles. The topological polar surface area (TPSA) is 43.8 Å². The molecule has 1 aromatic carbocycles. The van der Waals surface area contributed by atoms with Crippen molar-refractivity contribution >= 4 is 30.0 Å². The van der Waals surface area contributed by atoms with E-state index in [2.05, 4.69) is 16.7 Å². The molecule has 6 heteroatoms. The van der Waals surface area contributed by atoms with Crippen molar-refractivity contribution in [2.45, 2.75) is 13.5 Å². The van der Waals surface area contributed by atoms with Crippen LogP contribution in [0.3, 0.4) is 0 Å². The maximum absolute atomic E-state index is 10.8. The predicted molar refractivity (Wildman–Crippen MR) is 83.1 cm³/mol. The van der Waals surface area contributed by atoms with E-state index < -0.39 is 5.97 Å². The second-order valence-electron chi connectivity index (χ2n) is 4.82. The Labute approximate surface area is 130 Å². The summed E-state index contributed by atoms with van der Waals surface area (Å²) in [6, 6.07) is 4.96. The third kappa shape index (κ3) is 4.35. The number of hydrogen-bond donors (Lipinski definition) is 1. The average molecular weight is 319 g/mol. The fraction of sp³-hybridized carbons (Fsp3) is 0.500. The van der Waals surface area contributed by atoms with Gasteiger partial charge in [0.2, 0.25) is 0 Å². The van der Waals surface area contributed by atoms with Crippen molar-refractivity contribution in [3.63, 3.8) is 0 Å². The highest BCUT2D eigenvalue weighted by Crippen LogP contribution is 2.20. The van der Waals surface area contributed by atoms with E-state index in [1.165, 1.54) is 6.07 Å². The molecule has 1 aliphatic rings. The Morgan fingerprint density at radius 3 is 2.35 bits per heavy atom. The SMILES string of the molecule is CCN1CCN(Cc2ccc(C(=O)O)cc2Cl)CC1.Cl. The molecule has 0 aromatic heterocycles. The summed E-state index contributed by atoms with van der Waals surface area (Å²) in [6.45, 7) is 8.30. The molecule has 20 heavy (non-hydrogen) atoms. The van der Waals surface area contributed by atoms with Gasteiger partial charge in [0.25, 0.3) is 0 Å². The Morgan fingerprint density at radius 1 is 1.25 bits per heavy atom. The van der Waals surface area contributed by atoms with Crippen molar-refractivity contribution in [3.8, 4) is 0 Å². The van der Waals surface area contributed by atoms with Gasteiger partial charge in [-0.1, -0.05) is 24.6 Å². The van der Waals surface area contributed by atoms with E-state index in [0.29, 0.717) is 5.02 Å². The van der Waals surface area contributed by atoms with Gasteiger partial charge in [0.1, 0.15) is 0 Å². The smallest absolute Gasteiger partial charge is 0.335 e. The molecule has 0 spiro atoms. The first-order chi connectivity index (χ1) is 9.10. The summed E-state index contributed by atoms with van der Waals surface area (Å²) in [5.41, 5.74) is 1.24. The fourth-order valence-corrected chi connectivity index (χ4v) is 2.55. The molecule has 0 radical (unpaired) electrons. The maximum atomic E-state index is 10.8. The van der Waals surface area contributed by atoms with Crippen molar-refractivity contribution in [2.24, 2.45) is 0 Å². The Morgan fingerprint density at radius 2 is 1.85 bits per heavy atom. The summed E-state index contributed by atoms with van der Waals surface area (Å²) in [5, 5.41) is 9.44. The van der Waals surface area contributed by atoms with E-state index >= 15 is 0 Å². The number of rotatable bonds is 4. The second-order valence-corrected chi connectivity index (χ2v) is 5.23. The van der Waals surface area contributed by atoms with E-state index in [1.807, 2.05) is 6.07 Å². The van der Waals surface area contributed by atoms with Crippen LogP contribution in [0.2, 0.25) is 5.02 Å². The molecular formula is C14H20Cl2N2O2. The van der Waals surface area contributed by atoms with Crippen LogP contribution >= 0.6 is 24.0 Å². The van der Waals surface area contributed by atoms with Crippen LogP contribution in [0.25, 0.3) is 0 Å². The standard InChI is InChI=1S/C14H19ClN2O2.ClH/c1-2-16-5-7-17(8-6-16)10-12-4-3-11(14(18)19)9-13(12)15;/h3-4,9H,2,5-8,10H2,1H3,(H,18,19);1H. The Bertz CT molecular complexity index is 460. The molecule has 4 nitrogen and oxygen atoms in total. The number of carbonyl (C=O) groups is 1. The van der Waals surface area contributed by atoms with Crippen molar-refractivity contribution in [1.29, 1.82) is 0 Å². The normalized spacial score (nSPS) is 16.7. The molecule has 0 saturated carbocycles. The van der Waals surface area contributed by atoms with E-state index in [1.54, 1.807) is 6.07 Å². The molecule has 1 fully saturated rings. The third-order valence-electron chi connectivity index (χ3n) is 3.61. The van der Waals surface area contributed by atoms with Gasteiger partial charge in [-0.3, -0.25) is 4.90 Å². The fourth-order valence-electron chi connectivity index (χ4n) is 2.31. The summed E-state index contributed by atoms with van der Waals surface area (Å²) in [5.74, 6) is -0.940. The van der Waals surface area contributed by atoms with Gasteiger partial charge >= 0.3 is 5.97 Å². The highest BCUT2D eigenvalue weighted by molar-refractivity contribution is 6.31. The number of carboxylic acid groups (broad SMARTS) is 1. The van der Waals surface area contributed by atoms with Crippen LogP contribution in [-0.4, -0.2) is 53.6 Å². The lowest BCUT2D eigenvalue weighted by Crippen LogP contribution is -2.45. The quantitative estimate of drug-likeness (QED) is 0.926. The van der Waals surface area contributed by atoms with Gasteiger partial charge in [-0.05, 0) is 24.2 Å². The molecule has 1 N–H and O–H groups in total. The zero-order valence-electron chi connectivity index (χ0n) is 11.5. The number of nitrogens with zero attached hydrogens (tertiary/aromatic N) is 2.